The third kappa shape index (κ3) is 4.24. The molecule has 126 valence electrons. The average Bonchev–Trinajstić information content (AvgIpc) is 2.63. The number of likely N-dealkylation sites (tertiary alicyclic amines) is 1. The number of rotatable bonds is 4. The van der Waals surface area contributed by atoms with Gasteiger partial charge in [-0.3, -0.25) is 9.69 Å². The van der Waals surface area contributed by atoms with Crippen molar-refractivity contribution in [2.75, 3.05) is 53.0 Å². The summed E-state index contributed by atoms with van der Waals surface area (Å²) in [5.41, 5.74) is 1.38. The lowest BCUT2D eigenvalue weighted by Gasteiger charge is -2.34. The number of nitrogens with zero attached hydrogens (tertiary/aromatic N) is 2. The highest BCUT2D eigenvalue weighted by molar-refractivity contribution is 5.78. The monoisotopic (exact) mass is 318 g/mol. The van der Waals surface area contributed by atoms with Gasteiger partial charge in [-0.2, -0.15) is 0 Å². The fourth-order valence-electron chi connectivity index (χ4n) is 3.40. The van der Waals surface area contributed by atoms with Gasteiger partial charge in [-0.15, -0.1) is 0 Å². The van der Waals surface area contributed by atoms with Crippen LogP contribution in [0.2, 0.25) is 0 Å². The summed E-state index contributed by atoms with van der Waals surface area (Å²) >= 11 is 0. The minimum Gasteiger partial charge on any atom is -0.497 e. The summed E-state index contributed by atoms with van der Waals surface area (Å²) in [5, 5.41) is 0. The maximum Gasteiger partial charge on any atom is 0.236 e. The van der Waals surface area contributed by atoms with Crippen LogP contribution in [0.3, 0.4) is 0 Å². The van der Waals surface area contributed by atoms with Crippen LogP contribution in [-0.2, 0) is 9.53 Å². The van der Waals surface area contributed by atoms with Gasteiger partial charge in [0, 0.05) is 13.1 Å². The third-order valence-corrected chi connectivity index (χ3v) is 4.90. The molecule has 0 unspecified atom stereocenters. The number of ether oxygens (including phenoxy) is 2. The summed E-state index contributed by atoms with van der Waals surface area (Å²) in [5.74, 6) is 1.74. The number of amides is 1. The van der Waals surface area contributed by atoms with Crippen molar-refractivity contribution in [2.24, 2.45) is 0 Å². The van der Waals surface area contributed by atoms with Crippen LogP contribution < -0.4 is 4.74 Å². The van der Waals surface area contributed by atoms with Crippen molar-refractivity contribution < 1.29 is 14.3 Å². The number of hydrogen-bond donors (Lipinski definition) is 0. The van der Waals surface area contributed by atoms with Crippen molar-refractivity contribution >= 4 is 5.91 Å². The smallest absolute Gasteiger partial charge is 0.236 e. The number of methoxy groups -OCH3 is 1. The molecule has 0 N–H and O–H groups in total. The standard InChI is InChI=1S/C18H26N2O3/c1-22-17-4-2-15(3-5-17)16-6-8-19(9-7-16)14-18(21)20-10-12-23-13-11-20/h2-5,16H,6-14H2,1H3. The highest BCUT2D eigenvalue weighted by Gasteiger charge is 2.24. The molecule has 0 radical (unpaired) electrons. The lowest BCUT2D eigenvalue weighted by Crippen LogP contribution is -2.47. The largest absolute Gasteiger partial charge is 0.497 e. The molecule has 1 aromatic rings. The first-order chi connectivity index (χ1) is 11.3. The molecule has 1 aromatic carbocycles. The molecule has 5 nitrogen and oxygen atoms in total. The van der Waals surface area contributed by atoms with Crippen molar-refractivity contribution in [3.8, 4) is 5.75 Å². The summed E-state index contributed by atoms with van der Waals surface area (Å²) < 4.78 is 10.5. The molecule has 0 spiro atoms. The van der Waals surface area contributed by atoms with Gasteiger partial charge in [-0.1, -0.05) is 12.1 Å². The molecule has 1 amide bonds. The third-order valence-electron chi connectivity index (χ3n) is 4.90. The highest BCUT2D eigenvalue weighted by Crippen LogP contribution is 2.29. The summed E-state index contributed by atoms with van der Waals surface area (Å²) in [6, 6.07) is 8.39. The van der Waals surface area contributed by atoms with E-state index in [-0.39, 0.29) is 5.91 Å². The van der Waals surface area contributed by atoms with E-state index < -0.39 is 0 Å². The van der Waals surface area contributed by atoms with Crippen LogP contribution in [0.4, 0.5) is 0 Å². The number of piperidine rings is 1. The maximum atomic E-state index is 12.3. The number of morpholine rings is 1. The van der Waals surface area contributed by atoms with Gasteiger partial charge in [0.1, 0.15) is 5.75 Å². The van der Waals surface area contributed by atoms with E-state index in [0.29, 0.717) is 25.7 Å². The predicted octanol–water partition coefficient (Wildman–Crippen LogP) is 1.73. The lowest BCUT2D eigenvalue weighted by atomic mass is 9.89. The normalized spacial score (nSPS) is 20.5. The van der Waals surface area contributed by atoms with Gasteiger partial charge < -0.3 is 14.4 Å². The summed E-state index contributed by atoms with van der Waals surface area (Å²) in [6.07, 6.45) is 2.23. The maximum absolute atomic E-state index is 12.3. The van der Waals surface area contributed by atoms with Crippen LogP contribution in [0.1, 0.15) is 24.3 Å². The van der Waals surface area contributed by atoms with Crippen LogP contribution >= 0.6 is 0 Å². The van der Waals surface area contributed by atoms with Gasteiger partial charge in [0.05, 0.1) is 26.9 Å². The first-order valence-corrected chi connectivity index (χ1v) is 8.48. The minimum atomic E-state index is 0.246. The molecule has 5 heteroatoms. The Kier molecular flexibility index (Phi) is 5.51. The summed E-state index contributed by atoms with van der Waals surface area (Å²) in [4.78, 5) is 16.5. The first-order valence-electron chi connectivity index (χ1n) is 8.48. The topological polar surface area (TPSA) is 42.0 Å². The molecule has 0 saturated carbocycles. The second-order valence-electron chi connectivity index (χ2n) is 6.32. The molecule has 2 aliphatic rings. The summed E-state index contributed by atoms with van der Waals surface area (Å²) in [7, 11) is 1.69. The molecule has 0 bridgehead atoms. The SMILES string of the molecule is COc1ccc(C2CCN(CC(=O)N3CCOCC3)CC2)cc1. The number of hydrogen-bond acceptors (Lipinski definition) is 4. The van der Waals surface area contributed by atoms with E-state index in [4.69, 9.17) is 9.47 Å². The Labute approximate surface area is 138 Å². The van der Waals surface area contributed by atoms with Crippen LogP contribution in [0.15, 0.2) is 24.3 Å². The van der Waals surface area contributed by atoms with Crippen LogP contribution in [0, 0.1) is 0 Å². The van der Waals surface area contributed by atoms with Gasteiger partial charge in [-0.25, -0.2) is 0 Å². The number of carbonyl (C=O) groups is 1. The van der Waals surface area contributed by atoms with Gasteiger partial charge >= 0.3 is 0 Å². The Morgan fingerprint density at radius 2 is 1.78 bits per heavy atom. The average molecular weight is 318 g/mol. The fourth-order valence-corrected chi connectivity index (χ4v) is 3.40. The molecule has 2 aliphatic heterocycles. The van der Waals surface area contributed by atoms with Crippen molar-refractivity contribution in [1.29, 1.82) is 0 Å². The molecule has 2 fully saturated rings. The van der Waals surface area contributed by atoms with Gasteiger partial charge in [0.25, 0.3) is 0 Å². The molecular weight excluding hydrogens is 292 g/mol. The molecule has 2 saturated heterocycles. The molecule has 23 heavy (non-hydrogen) atoms. The van der Waals surface area contributed by atoms with Crippen molar-refractivity contribution in [3.63, 3.8) is 0 Å². The van der Waals surface area contributed by atoms with Crippen LogP contribution in [-0.4, -0.2) is 68.8 Å². The molecular formula is C18H26N2O3. The van der Waals surface area contributed by atoms with Gasteiger partial charge in [0.15, 0.2) is 0 Å². The Balaban J connectivity index is 1.46. The van der Waals surface area contributed by atoms with Crippen molar-refractivity contribution in [1.82, 2.24) is 9.80 Å². The quantitative estimate of drug-likeness (QED) is 0.848. The second-order valence-corrected chi connectivity index (χ2v) is 6.32. The Morgan fingerprint density at radius 1 is 1.13 bits per heavy atom. The first kappa shape index (κ1) is 16.3. The lowest BCUT2D eigenvalue weighted by molar-refractivity contribution is -0.136. The van der Waals surface area contributed by atoms with E-state index in [2.05, 4.69) is 17.0 Å². The molecule has 3 rings (SSSR count). The van der Waals surface area contributed by atoms with Crippen LogP contribution in [0.25, 0.3) is 0 Å². The van der Waals surface area contributed by atoms with Gasteiger partial charge in [0.2, 0.25) is 5.91 Å². The van der Waals surface area contributed by atoms with Crippen LogP contribution in [0.5, 0.6) is 5.75 Å². The number of carbonyl (C=O) groups excluding carboxylic acids is 1. The summed E-state index contributed by atoms with van der Waals surface area (Å²) in [6.45, 7) is 5.35. The Bertz CT molecular complexity index is 504. The molecule has 0 aromatic heterocycles. The minimum absolute atomic E-state index is 0.246. The van der Waals surface area contributed by atoms with Crippen molar-refractivity contribution in [3.05, 3.63) is 29.8 Å². The van der Waals surface area contributed by atoms with Gasteiger partial charge in [-0.05, 0) is 49.5 Å². The van der Waals surface area contributed by atoms with Crippen molar-refractivity contribution in [2.45, 2.75) is 18.8 Å². The fraction of sp³-hybridized carbons (Fsp3) is 0.611. The van der Waals surface area contributed by atoms with E-state index in [0.717, 1.165) is 44.8 Å². The molecule has 2 heterocycles. The zero-order chi connectivity index (χ0) is 16.1. The molecule has 0 atom stereocenters. The number of benzene rings is 1. The Morgan fingerprint density at radius 3 is 2.39 bits per heavy atom. The van der Waals surface area contributed by atoms with E-state index >= 15 is 0 Å². The Hall–Kier alpha value is -1.59. The zero-order valence-electron chi connectivity index (χ0n) is 13.9. The van der Waals surface area contributed by atoms with E-state index in [1.54, 1.807) is 7.11 Å². The second kappa shape index (κ2) is 7.79. The van der Waals surface area contributed by atoms with E-state index in [1.807, 2.05) is 17.0 Å². The van der Waals surface area contributed by atoms with E-state index in [9.17, 15) is 4.79 Å². The van der Waals surface area contributed by atoms with E-state index in [1.165, 1.54) is 5.56 Å². The highest BCUT2D eigenvalue weighted by atomic mass is 16.5. The molecule has 0 aliphatic carbocycles. The zero-order valence-corrected chi connectivity index (χ0v) is 13.9. The predicted molar refractivity (Wildman–Crippen MR) is 88.8 cm³/mol.